The molecule has 0 saturated carbocycles. The Morgan fingerprint density at radius 3 is 2.09 bits per heavy atom. The maximum absolute atomic E-state index is 15.0. The molecule has 3 aliphatic heterocycles. The maximum atomic E-state index is 15.0. The number of β-amino-alcohol motifs (C(OH)–C–C–N with tert-alkyl or cyclic N) is 1. The predicted molar refractivity (Wildman–Crippen MR) is 321 cm³/mol. The summed E-state index contributed by atoms with van der Waals surface area (Å²) in [4.78, 5) is 142. The number of aromatic nitrogens is 1. The van der Waals surface area contributed by atoms with Gasteiger partial charge in [0.05, 0.1) is 52.8 Å². The third-order valence-electron chi connectivity index (χ3n) is 15.7. The monoisotopic (exact) mass is 1260 g/mol. The molecule has 8 amide bonds. The summed E-state index contributed by atoms with van der Waals surface area (Å²) < 4.78 is 47.3. The number of morpholine rings is 1. The number of hydrogen-bond donors (Lipinski definition) is 7. The molecular formula is C60H74F2N9O13PS2. The molecule has 8 rings (SSSR count). The van der Waals surface area contributed by atoms with Gasteiger partial charge in [-0.3, -0.25) is 42.9 Å². The van der Waals surface area contributed by atoms with Crippen molar-refractivity contribution in [2.75, 3.05) is 52.4 Å². The molecule has 468 valence electrons. The average Bonchev–Trinajstić information content (AvgIpc) is 3.07. The van der Waals surface area contributed by atoms with Gasteiger partial charge in [-0.15, -0.1) is 22.7 Å². The normalized spacial score (nSPS) is 19.7. The first-order chi connectivity index (χ1) is 40.8. The maximum Gasteiger partial charge on any atom is 0.399 e. The second-order valence-corrected chi connectivity index (χ2v) is 27.9. The molecule has 3 aliphatic rings. The van der Waals surface area contributed by atoms with Crippen LogP contribution in [-0.2, 0) is 48.5 Å². The summed E-state index contributed by atoms with van der Waals surface area (Å²) in [6.45, 7) is 13.4. The largest absolute Gasteiger partial charge is 0.399 e. The highest BCUT2D eigenvalue weighted by Gasteiger charge is 2.51. The number of fused-ring (bicyclic) bond motifs is 1. The number of likely N-dealkylation sites (tertiary alicyclic amines) is 1. The van der Waals surface area contributed by atoms with E-state index in [0.717, 1.165) is 50.7 Å². The van der Waals surface area contributed by atoms with Crippen LogP contribution in [0.25, 0.3) is 20.5 Å². The van der Waals surface area contributed by atoms with Crippen molar-refractivity contribution in [3.05, 3.63) is 112 Å². The van der Waals surface area contributed by atoms with Crippen molar-refractivity contribution in [3.8, 4) is 10.4 Å². The topological polar surface area (TPSA) is 298 Å². The van der Waals surface area contributed by atoms with Crippen molar-refractivity contribution in [1.29, 1.82) is 0 Å². The number of nitrogens with one attached hydrogen (secondary N) is 4. The molecule has 5 heterocycles. The van der Waals surface area contributed by atoms with E-state index in [-0.39, 0.29) is 75.5 Å². The highest BCUT2D eigenvalue weighted by atomic mass is 32.1. The highest BCUT2D eigenvalue weighted by molar-refractivity contribution is 7.52. The molecule has 22 nitrogen and oxygen atoms in total. The van der Waals surface area contributed by atoms with Crippen LogP contribution >= 0.6 is 30.3 Å². The van der Waals surface area contributed by atoms with Crippen molar-refractivity contribution in [3.63, 3.8) is 0 Å². The number of hydrogen-bond acceptors (Lipinski definition) is 14. The Morgan fingerprint density at radius 2 is 1.45 bits per heavy atom. The zero-order chi connectivity index (χ0) is 63.5. The molecule has 5 aromatic rings. The standard InChI is InChI=1S/C60H74F2N9O13PS2/c1-34(36-14-16-38(17-15-36)50-35(2)64-33-86-50)65-53(76)42-28-41(72)30-71(42)57(80)51(58(3,4)5)66-47(73)20-21-63-48(74)29-49(75)68-22-23-70(43(31-68)55(78)69-24-25-84-44(32-69)37-12-10-9-11-13-37)56(79)52(59(6,7)8)67-54(77)46-27-39-26-40(18-19-45(39)87-46)60(61,62)85(81,82)83/h9-19,26-27,33-34,41-44,51-52,72H,20-25,28-32H2,1-8H3,(H,63,74)(H,65,76)(H,66,73)(H,67,77)(H2,81,82,83)/t34-,41+,42-,43?,44?,51?,52?/m0/s1. The molecule has 7 N–H and O–H groups in total. The van der Waals surface area contributed by atoms with Crippen LogP contribution in [0, 0.1) is 17.8 Å². The van der Waals surface area contributed by atoms with Gasteiger partial charge < -0.3 is 60.5 Å². The van der Waals surface area contributed by atoms with E-state index in [0.29, 0.717) is 4.70 Å². The molecule has 7 atom stereocenters. The molecular weight excluding hydrogens is 1190 g/mol. The molecule has 87 heavy (non-hydrogen) atoms. The smallest absolute Gasteiger partial charge is 0.391 e. The van der Waals surface area contributed by atoms with Crippen molar-refractivity contribution in [2.24, 2.45) is 10.8 Å². The summed E-state index contributed by atoms with van der Waals surface area (Å²) >= 11 is 2.43. The Hall–Kier alpha value is -7.06. The number of aryl methyl sites for hydroxylation is 1. The van der Waals surface area contributed by atoms with E-state index in [1.165, 1.54) is 38.2 Å². The van der Waals surface area contributed by atoms with Gasteiger partial charge >= 0.3 is 13.3 Å². The number of benzene rings is 3. The molecule has 0 spiro atoms. The number of carbonyl (C=O) groups excluding carboxylic acids is 8. The van der Waals surface area contributed by atoms with E-state index >= 15 is 0 Å². The third-order valence-corrected chi connectivity index (χ3v) is 18.8. The Morgan fingerprint density at radius 1 is 0.782 bits per heavy atom. The summed E-state index contributed by atoms with van der Waals surface area (Å²) in [6, 6.07) is 15.9. The number of halogens is 2. The van der Waals surface area contributed by atoms with Gasteiger partial charge in [-0.2, -0.15) is 8.78 Å². The van der Waals surface area contributed by atoms with Gasteiger partial charge in [-0.05, 0) is 65.0 Å². The number of ether oxygens (including phenoxy) is 1. The minimum atomic E-state index is -5.89. The first kappa shape index (κ1) is 65.9. The number of rotatable bonds is 18. The summed E-state index contributed by atoms with van der Waals surface area (Å²) in [5, 5.41) is 22.0. The van der Waals surface area contributed by atoms with Crippen LogP contribution in [0.3, 0.4) is 0 Å². The van der Waals surface area contributed by atoms with Crippen LogP contribution in [0.5, 0.6) is 0 Å². The summed E-state index contributed by atoms with van der Waals surface area (Å²) in [5.41, 5.74) is -2.01. The van der Waals surface area contributed by atoms with Crippen LogP contribution in [0.1, 0.15) is 112 Å². The molecule has 3 saturated heterocycles. The van der Waals surface area contributed by atoms with Crippen molar-refractivity contribution in [1.82, 2.24) is 45.9 Å². The molecule has 3 aromatic carbocycles. The number of alkyl halides is 2. The second kappa shape index (κ2) is 26.7. The lowest BCUT2D eigenvalue weighted by Crippen LogP contribution is -2.66. The number of piperazine rings is 1. The number of thiazole rings is 1. The van der Waals surface area contributed by atoms with Gasteiger partial charge in [-0.25, -0.2) is 4.98 Å². The first-order valence-electron chi connectivity index (χ1n) is 28.5. The molecule has 0 bridgehead atoms. The van der Waals surface area contributed by atoms with Gasteiger partial charge in [0, 0.05) is 55.8 Å². The number of carbonyl (C=O) groups is 8. The van der Waals surface area contributed by atoms with Gasteiger partial charge in [0.1, 0.15) is 36.7 Å². The lowest BCUT2D eigenvalue weighted by Gasteiger charge is -2.45. The fourth-order valence-corrected chi connectivity index (χ4v) is 13.1. The highest BCUT2D eigenvalue weighted by Crippen LogP contribution is 2.59. The predicted octanol–water partition coefficient (Wildman–Crippen LogP) is 5.61. The fourth-order valence-electron chi connectivity index (χ4n) is 10.8. The van der Waals surface area contributed by atoms with Gasteiger partial charge in [0.25, 0.3) is 5.91 Å². The Kier molecular flexibility index (Phi) is 20.2. The SMILES string of the molecule is Cc1ncsc1-c1ccc([C@H](C)NC(=O)[C@@H]2C[C@@H](O)CN2C(=O)C(NC(=O)CCNC(=O)CC(=O)N2CCN(C(=O)C(NC(=O)c3cc4cc(C(F)(F)P(=O)(O)O)ccc4s3)C(C)(C)C)C(C(=O)N3CCOC(c4ccccc4)C3)C2)C(C)(C)C)cc1. The van der Waals surface area contributed by atoms with Crippen LogP contribution in [-0.4, -0.2) is 169 Å². The molecule has 3 fully saturated rings. The van der Waals surface area contributed by atoms with Crippen LogP contribution in [0.4, 0.5) is 8.78 Å². The van der Waals surface area contributed by atoms with Crippen molar-refractivity contribution in [2.45, 2.75) is 123 Å². The van der Waals surface area contributed by atoms with Crippen molar-refractivity contribution < 1.29 is 71.3 Å². The van der Waals surface area contributed by atoms with Gasteiger partial charge in [-0.1, -0.05) is 102 Å². The number of nitrogens with zero attached hydrogens (tertiary/aromatic N) is 5. The third kappa shape index (κ3) is 15.4. The van der Waals surface area contributed by atoms with Crippen LogP contribution in [0.2, 0.25) is 0 Å². The van der Waals surface area contributed by atoms with E-state index in [2.05, 4.69) is 26.3 Å². The zero-order valence-electron chi connectivity index (χ0n) is 49.6. The summed E-state index contributed by atoms with van der Waals surface area (Å²) in [5.74, 6) is -5.05. The van der Waals surface area contributed by atoms with Crippen molar-refractivity contribution >= 4 is 87.6 Å². The lowest BCUT2D eigenvalue weighted by molar-refractivity contribution is -0.158. The number of amides is 8. The zero-order valence-corrected chi connectivity index (χ0v) is 52.1. The average molecular weight is 1260 g/mol. The Balaban J connectivity index is 0.898. The van der Waals surface area contributed by atoms with E-state index in [4.69, 9.17) is 4.74 Å². The summed E-state index contributed by atoms with van der Waals surface area (Å²) in [6.07, 6.45) is -2.53. The number of aliphatic hydroxyl groups is 1. The van der Waals surface area contributed by atoms with E-state index in [1.807, 2.05) is 68.4 Å². The number of thiophene rings is 1. The van der Waals surface area contributed by atoms with Gasteiger partial charge in [0.15, 0.2) is 0 Å². The molecule has 2 aromatic heterocycles. The summed E-state index contributed by atoms with van der Waals surface area (Å²) in [7, 11) is -5.89. The quantitative estimate of drug-likeness (QED) is 0.0415. The minimum Gasteiger partial charge on any atom is -0.391 e. The van der Waals surface area contributed by atoms with E-state index in [9.17, 15) is 66.6 Å². The van der Waals surface area contributed by atoms with Crippen LogP contribution < -0.4 is 21.3 Å². The Bertz CT molecular complexity index is 3440. The number of aliphatic hydroxyl groups excluding tert-OH is 1. The molecule has 4 unspecified atom stereocenters. The lowest BCUT2D eigenvalue weighted by atomic mass is 9.85. The molecule has 0 aliphatic carbocycles. The van der Waals surface area contributed by atoms with E-state index < -0.39 is 126 Å². The van der Waals surface area contributed by atoms with Gasteiger partial charge in [0.2, 0.25) is 41.4 Å². The second-order valence-electron chi connectivity index (χ2n) is 24.3. The minimum absolute atomic E-state index is 0.00229. The Labute approximate surface area is 510 Å². The molecule has 27 heteroatoms. The van der Waals surface area contributed by atoms with Crippen LogP contribution in [0.15, 0.2) is 84.4 Å². The first-order valence-corrected chi connectivity index (χ1v) is 31.8. The van der Waals surface area contributed by atoms with E-state index in [1.54, 1.807) is 52.0 Å². The molecule has 0 radical (unpaired) electrons. The fraction of sp³-hybridized carbons (Fsp3) is 0.483.